The minimum Gasteiger partial charge on any atom is -0.495 e. The molecule has 0 radical (unpaired) electrons. The van der Waals surface area contributed by atoms with E-state index in [0.29, 0.717) is 24.5 Å². The molecule has 0 bridgehead atoms. The van der Waals surface area contributed by atoms with E-state index in [4.69, 9.17) is 4.74 Å². The Bertz CT molecular complexity index is 595. The third kappa shape index (κ3) is 4.26. The highest BCUT2D eigenvalue weighted by Crippen LogP contribution is 2.29. The quantitative estimate of drug-likeness (QED) is 0.820. The fourth-order valence-corrected chi connectivity index (χ4v) is 2.93. The molecule has 1 saturated heterocycles. The molecule has 24 heavy (non-hydrogen) atoms. The molecule has 1 aromatic rings. The molecule has 1 aliphatic heterocycles. The molecular weight excluding hydrogens is 306 g/mol. The zero-order valence-corrected chi connectivity index (χ0v) is 15.0. The van der Waals surface area contributed by atoms with Crippen molar-refractivity contribution >= 4 is 17.5 Å². The van der Waals surface area contributed by atoms with Gasteiger partial charge in [0.1, 0.15) is 12.3 Å². The maximum atomic E-state index is 12.6. The van der Waals surface area contributed by atoms with Crippen LogP contribution >= 0.6 is 0 Å². The summed E-state index contributed by atoms with van der Waals surface area (Å²) in [5.41, 5.74) is 1.66. The average molecular weight is 333 g/mol. The third-order valence-electron chi connectivity index (χ3n) is 4.47. The average Bonchev–Trinajstić information content (AvgIpc) is 2.59. The van der Waals surface area contributed by atoms with Crippen LogP contribution in [0.5, 0.6) is 5.75 Å². The molecule has 132 valence electrons. The van der Waals surface area contributed by atoms with Crippen molar-refractivity contribution in [3.05, 3.63) is 23.8 Å². The van der Waals surface area contributed by atoms with E-state index in [1.165, 1.54) is 11.8 Å². The van der Waals surface area contributed by atoms with Crippen LogP contribution in [0.25, 0.3) is 0 Å². The topological polar surface area (TPSA) is 53.1 Å². The lowest BCUT2D eigenvalue weighted by Gasteiger charge is -2.35. The Morgan fingerprint density at radius 1 is 1.21 bits per heavy atom. The van der Waals surface area contributed by atoms with Crippen molar-refractivity contribution in [3.8, 4) is 5.75 Å². The molecule has 2 rings (SSSR count). The Hall–Kier alpha value is -2.08. The van der Waals surface area contributed by atoms with E-state index in [-0.39, 0.29) is 18.4 Å². The van der Waals surface area contributed by atoms with E-state index in [1.54, 1.807) is 7.11 Å². The number of piperazine rings is 1. The molecule has 1 fully saturated rings. The molecule has 0 saturated carbocycles. The highest BCUT2D eigenvalue weighted by atomic mass is 16.5. The van der Waals surface area contributed by atoms with Crippen LogP contribution in [-0.4, -0.2) is 68.0 Å². The molecular formula is C18H27N3O3. The van der Waals surface area contributed by atoms with Crippen LogP contribution in [0.2, 0.25) is 0 Å². The Morgan fingerprint density at radius 2 is 1.88 bits per heavy atom. The van der Waals surface area contributed by atoms with Crippen LogP contribution < -0.4 is 9.64 Å². The van der Waals surface area contributed by atoms with Crippen LogP contribution in [0, 0.1) is 6.92 Å². The lowest BCUT2D eigenvalue weighted by Crippen LogP contribution is -2.51. The molecule has 1 heterocycles. The van der Waals surface area contributed by atoms with Gasteiger partial charge in [-0.25, -0.2) is 0 Å². The summed E-state index contributed by atoms with van der Waals surface area (Å²) in [5.74, 6) is 0.406. The summed E-state index contributed by atoms with van der Waals surface area (Å²) in [6.07, 6.45) is 0. The highest BCUT2D eigenvalue weighted by Gasteiger charge is 2.25. The van der Waals surface area contributed by atoms with Crippen molar-refractivity contribution < 1.29 is 14.3 Å². The van der Waals surface area contributed by atoms with E-state index in [1.807, 2.05) is 30.0 Å². The molecule has 0 aromatic heterocycles. The molecule has 0 N–H and O–H groups in total. The highest BCUT2D eigenvalue weighted by molar-refractivity contribution is 5.98. The van der Waals surface area contributed by atoms with Gasteiger partial charge in [-0.1, -0.05) is 13.0 Å². The van der Waals surface area contributed by atoms with Gasteiger partial charge >= 0.3 is 0 Å². The number of ether oxygens (including phenoxy) is 1. The number of likely N-dealkylation sites (N-methyl/N-ethyl adjacent to an activating group) is 1. The summed E-state index contributed by atoms with van der Waals surface area (Å²) in [6, 6.07) is 5.63. The first-order valence-corrected chi connectivity index (χ1v) is 8.39. The van der Waals surface area contributed by atoms with Crippen LogP contribution in [0.4, 0.5) is 5.69 Å². The van der Waals surface area contributed by atoms with Gasteiger partial charge in [-0.05, 0) is 31.2 Å². The number of methoxy groups -OCH3 is 1. The summed E-state index contributed by atoms with van der Waals surface area (Å²) < 4.78 is 5.36. The van der Waals surface area contributed by atoms with E-state index in [9.17, 15) is 9.59 Å². The predicted molar refractivity (Wildman–Crippen MR) is 94.5 cm³/mol. The first-order valence-electron chi connectivity index (χ1n) is 8.39. The molecule has 0 atom stereocenters. The second-order valence-electron chi connectivity index (χ2n) is 6.10. The van der Waals surface area contributed by atoms with E-state index in [0.717, 1.165) is 25.2 Å². The summed E-state index contributed by atoms with van der Waals surface area (Å²) in [5, 5.41) is 0. The maximum Gasteiger partial charge on any atom is 0.242 e. The molecule has 1 aromatic carbocycles. The lowest BCUT2D eigenvalue weighted by molar-refractivity contribution is -0.132. The smallest absolute Gasteiger partial charge is 0.242 e. The zero-order chi connectivity index (χ0) is 17.7. The maximum absolute atomic E-state index is 12.6. The molecule has 0 spiro atoms. The van der Waals surface area contributed by atoms with Gasteiger partial charge in [0.2, 0.25) is 11.8 Å². The third-order valence-corrected chi connectivity index (χ3v) is 4.47. The van der Waals surface area contributed by atoms with Gasteiger partial charge in [0, 0.05) is 33.1 Å². The van der Waals surface area contributed by atoms with Crippen LogP contribution in [0.15, 0.2) is 18.2 Å². The SMILES string of the molecule is CCN1CCN(C(=O)CN(C(C)=O)c2cc(C)ccc2OC)CC1. The largest absolute Gasteiger partial charge is 0.495 e. The van der Waals surface area contributed by atoms with Crippen molar-refractivity contribution in [1.29, 1.82) is 0 Å². The van der Waals surface area contributed by atoms with Crippen molar-refractivity contribution in [2.24, 2.45) is 0 Å². The van der Waals surface area contributed by atoms with Crippen molar-refractivity contribution in [1.82, 2.24) is 9.80 Å². The number of rotatable bonds is 5. The second-order valence-corrected chi connectivity index (χ2v) is 6.10. The van der Waals surface area contributed by atoms with Gasteiger partial charge in [0.25, 0.3) is 0 Å². The zero-order valence-electron chi connectivity index (χ0n) is 15.0. The van der Waals surface area contributed by atoms with Crippen LogP contribution in [0.1, 0.15) is 19.4 Å². The number of aryl methyl sites for hydroxylation is 1. The molecule has 0 unspecified atom stereocenters. The first kappa shape index (κ1) is 18.3. The van der Waals surface area contributed by atoms with Gasteiger partial charge in [-0.3, -0.25) is 14.5 Å². The molecule has 0 aliphatic carbocycles. The number of carbonyl (C=O) groups excluding carboxylic acids is 2. The van der Waals surface area contributed by atoms with Gasteiger partial charge in [-0.15, -0.1) is 0 Å². The second kappa shape index (κ2) is 8.15. The van der Waals surface area contributed by atoms with Crippen molar-refractivity contribution in [2.75, 3.05) is 51.3 Å². The summed E-state index contributed by atoms with van der Waals surface area (Å²) in [6.45, 7) is 9.79. The van der Waals surface area contributed by atoms with Gasteiger partial charge < -0.3 is 14.5 Å². The standard InChI is InChI=1S/C18H27N3O3/c1-5-19-8-10-20(11-9-19)18(23)13-21(15(3)22)16-12-14(2)6-7-17(16)24-4/h6-7,12H,5,8-11,13H2,1-4H3. The number of carbonyl (C=O) groups is 2. The van der Waals surface area contributed by atoms with E-state index < -0.39 is 0 Å². The van der Waals surface area contributed by atoms with Gasteiger partial charge in [0.05, 0.1) is 12.8 Å². The number of nitrogens with zero attached hydrogens (tertiary/aromatic N) is 3. The van der Waals surface area contributed by atoms with Crippen LogP contribution in [0.3, 0.4) is 0 Å². The minimum absolute atomic E-state index is 0.0236. The Balaban J connectivity index is 2.13. The number of amides is 2. The predicted octanol–water partition coefficient (Wildman–Crippen LogP) is 1.52. The lowest BCUT2D eigenvalue weighted by atomic mass is 10.2. The fourth-order valence-electron chi connectivity index (χ4n) is 2.93. The summed E-state index contributed by atoms with van der Waals surface area (Å²) in [7, 11) is 1.57. The summed E-state index contributed by atoms with van der Waals surface area (Å²) >= 11 is 0. The van der Waals surface area contributed by atoms with Gasteiger partial charge in [0.15, 0.2) is 0 Å². The number of hydrogen-bond acceptors (Lipinski definition) is 4. The molecule has 6 heteroatoms. The van der Waals surface area contributed by atoms with E-state index >= 15 is 0 Å². The molecule has 6 nitrogen and oxygen atoms in total. The fraction of sp³-hybridized carbons (Fsp3) is 0.556. The Labute approximate surface area is 144 Å². The van der Waals surface area contributed by atoms with Crippen molar-refractivity contribution in [2.45, 2.75) is 20.8 Å². The van der Waals surface area contributed by atoms with Crippen LogP contribution in [-0.2, 0) is 9.59 Å². The van der Waals surface area contributed by atoms with Crippen molar-refractivity contribution in [3.63, 3.8) is 0 Å². The molecule has 1 aliphatic rings. The normalized spacial score (nSPS) is 15.2. The Morgan fingerprint density at radius 3 is 2.42 bits per heavy atom. The number of anilines is 1. The summed E-state index contributed by atoms with van der Waals surface area (Å²) in [4.78, 5) is 30.4. The minimum atomic E-state index is -0.167. The number of hydrogen-bond donors (Lipinski definition) is 0. The first-order chi connectivity index (χ1) is 11.5. The van der Waals surface area contributed by atoms with E-state index in [2.05, 4.69) is 11.8 Å². The van der Waals surface area contributed by atoms with Gasteiger partial charge in [-0.2, -0.15) is 0 Å². The Kier molecular flexibility index (Phi) is 6.20. The monoisotopic (exact) mass is 333 g/mol. The molecule has 2 amide bonds. The number of benzene rings is 1.